The van der Waals surface area contributed by atoms with Gasteiger partial charge in [-0.05, 0) is 11.6 Å². The monoisotopic (exact) mass is 257 g/mol. The molecule has 1 aromatic carbocycles. The number of esters is 1. The quantitative estimate of drug-likeness (QED) is 0.786. The predicted octanol–water partition coefficient (Wildman–Crippen LogP) is 2.81. The van der Waals surface area contributed by atoms with Crippen LogP contribution >= 0.6 is 0 Å². The van der Waals surface area contributed by atoms with Crippen molar-refractivity contribution in [2.75, 3.05) is 12.4 Å². The van der Waals surface area contributed by atoms with Gasteiger partial charge in [-0.15, -0.1) is 0 Å². The van der Waals surface area contributed by atoms with Crippen LogP contribution in [0.2, 0.25) is 0 Å². The standard InChI is InChI=1S/C12H10F3NO2/c1-18-11(17)8-6-16-9-5-3-2-4-7(9)10(8)12(13,14)15/h2-6,10,16H,1H3. The summed E-state index contributed by atoms with van der Waals surface area (Å²) in [6.07, 6.45) is -3.50. The molecule has 1 aliphatic rings. The number of para-hydroxylation sites is 1. The van der Waals surface area contributed by atoms with Crippen LogP contribution in [0, 0.1) is 0 Å². The van der Waals surface area contributed by atoms with Crippen molar-refractivity contribution in [3.05, 3.63) is 41.6 Å². The first-order valence-electron chi connectivity index (χ1n) is 5.15. The maximum atomic E-state index is 13.1. The lowest BCUT2D eigenvalue weighted by atomic mass is 9.87. The molecule has 6 heteroatoms. The van der Waals surface area contributed by atoms with Crippen molar-refractivity contribution in [3.63, 3.8) is 0 Å². The number of alkyl halides is 3. The molecular weight excluding hydrogens is 247 g/mol. The summed E-state index contributed by atoms with van der Waals surface area (Å²) < 4.78 is 43.7. The second-order valence-electron chi connectivity index (χ2n) is 3.80. The topological polar surface area (TPSA) is 38.3 Å². The highest BCUT2D eigenvalue weighted by Gasteiger charge is 2.47. The fourth-order valence-electron chi connectivity index (χ4n) is 1.93. The molecule has 1 aromatic rings. The van der Waals surface area contributed by atoms with E-state index in [2.05, 4.69) is 10.1 Å². The Morgan fingerprint density at radius 1 is 1.33 bits per heavy atom. The van der Waals surface area contributed by atoms with Crippen LogP contribution in [0.15, 0.2) is 36.0 Å². The van der Waals surface area contributed by atoms with Crippen LogP contribution < -0.4 is 5.32 Å². The number of benzene rings is 1. The van der Waals surface area contributed by atoms with Gasteiger partial charge in [0.1, 0.15) is 5.92 Å². The highest BCUT2D eigenvalue weighted by atomic mass is 19.4. The largest absolute Gasteiger partial charge is 0.466 e. The Kier molecular flexibility index (Phi) is 3.02. The van der Waals surface area contributed by atoms with Gasteiger partial charge in [0.05, 0.1) is 12.7 Å². The molecule has 0 spiro atoms. The molecule has 1 heterocycles. The molecule has 1 N–H and O–H groups in total. The molecule has 0 bridgehead atoms. The van der Waals surface area contributed by atoms with Crippen molar-refractivity contribution in [1.29, 1.82) is 0 Å². The van der Waals surface area contributed by atoms with Crippen molar-refractivity contribution >= 4 is 11.7 Å². The van der Waals surface area contributed by atoms with Crippen molar-refractivity contribution in [2.24, 2.45) is 0 Å². The first-order valence-corrected chi connectivity index (χ1v) is 5.15. The average Bonchev–Trinajstić information content (AvgIpc) is 2.35. The van der Waals surface area contributed by atoms with Crippen LogP contribution in [0.1, 0.15) is 11.5 Å². The van der Waals surface area contributed by atoms with Crippen molar-refractivity contribution in [1.82, 2.24) is 0 Å². The van der Waals surface area contributed by atoms with Crippen molar-refractivity contribution in [2.45, 2.75) is 12.1 Å². The van der Waals surface area contributed by atoms with Gasteiger partial charge in [0, 0.05) is 11.9 Å². The minimum Gasteiger partial charge on any atom is -0.466 e. The van der Waals surface area contributed by atoms with Gasteiger partial charge in [-0.25, -0.2) is 4.79 Å². The van der Waals surface area contributed by atoms with E-state index >= 15 is 0 Å². The molecule has 96 valence electrons. The second-order valence-corrected chi connectivity index (χ2v) is 3.80. The summed E-state index contributed by atoms with van der Waals surface area (Å²) in [5.74, 6) is -2.94. The summed E-state index contributed by atoms with van der Waals surface area (Å²) in [4.78, 5) is 11.4. The molecule has 0 radical (unpaired) electrons. The maximum Gasteiger partial charge on any atom is 0.400 e. The van der Waals surface area contributed by atoms with Crippen LogP contribution in [-0.2, 0) is 9.53 Å². The summed E-state index contributed by atoms with van der Waals surface area (Å²) in [6.45, 7) is 0. The van der Waals surface area contributed by atoms with Crippen LogP contribution in [0.4, 0.5) is 18.9 Å². The molecule has 2 rings (SSSR count). The number of fused-ring (bicyclic) bond motifs is 1. The number of halogens is 3. The molecule has 1 aliphatic heterocycles. The van der Waals surface area contributed by atoms with E-state index < -0.39 is 23.6 Å². The molecule has 1 unspecified atom stereocenters. The third-order valence-electron chi connectivity index (χ3n) is 2.71. The van der Waals surface area contributed by atoms with Crippen LogP contribution in [0.25, 0.3) is 0 Å². The van der Waals surface area contributed by atoms with E-state index in [9.17, 15) is 18.0 Å². The Morgan fingerprint density at radius 3 is 2.61 bits per heavy atom. The zero-order valence-corrected chi connectivity index (χ0v) is 9.41. The van der Waals surface area contributed by atoms with Gasteiger partial charge in [0.25, 0.3) is 0 Å². The number of hydrogen-bond acceptors (Lipinski definition) is 3. The average molecular weight is 257 g/mol. The van der Waals surface area contributed by atoms with Gasteiger partial charge in [0.2, 0.25) is 0 Å². The number of hydrogen-bond donors (Lipinski definition) is 1. The number of carbonyl (C=O) groups is 1. The maximum absolute atomic E-state index is 13.1. The zero-order chi connectivity index (χ0) is 13.3. The Morgan fingerprint density at radius 2 is 2.00 bits per heavy atom. The van der Waals surface area contributed by atoms with Gasteiger partial charge in [0.15, 0.2) is 0 Å². The number of methoxy groups -OCH3 is 1. The van der Waals surface area contributed by atoms with Crippen LogP contribution in [-0.4, -0.2) is 19.3 Å². The van der Waals surface area contributed by atoms with Crippen LogP contribution in [0.3, 0.4) is 0 Å². The first-order chi connectivity index (χ1) is 8.45. The summed E-state index contributed by atoms with van der Waals surface area (Å²) in [5, 5.41) is 2.67. The SMILES string of the molecule is COC(=O)C1=CNc2ccccc2C1C(F)(F)F. The lowest BCUT2D eigenvalue weighted by Gasteiger charge is -2.28. The molecule has 0 fully saturated rings. The molecule has 0 amide bonds. The fraction of sp³-hybridized carbons (Fsp3) is 0.250. The zero-order valence-electron chi connectivity index (χ0n) is 9.41. The third-order valence-corrected chi connectivity index (χ3v) is 2.71. The van der Waals surface area contributed by atoms with Crippen molar-refractivity contribution in [3.8, 4) is 0 Å². The number of anilines is 1. The molecule has 1 atom stereocenters. The highest BCUT2D eigenvalue weighted by molar-refractivity contribution is 5.92. The smallest absolute Gasteiger partial charge is 0.400 e. The minimum absolute atomic E-state index is 0.0212. The number of ether oxygens (including phenoxy) is 1. The second kappa shape index (κ2) is 4.36. The number of carbonyl (C=O) groups excluding carboxylic acids is 1. The molecule has 0 saturated carbocycles. The molecule has 18 heavy (non-hydrogen) atoms. The summed E-state index contributed by atoms with van der Waals surface area (Å²) in [5.41, 5.74) is -0.0796. The molecule has 0 aromatic heterocycles. The van der Waals surface area contributed by atoms with E-state index in [4.69, 9.17) is 0 Å². The lowest BCUT2D eigenvalue weighted by Crippen LogP contribution is -2.30. The number of rotatable bonds is 1. The number of nitrogens with one attached hydrogen (secondary N) is 1. The van der Waals surface area contributed by atoms with Crippen molar-refractivity contribution < 1.29 is 22.7 Å². The van der Waals surface area contributed by atoms with E-state index in [1.807, 2.05) is 0 Å². The predicted molar refractivity (Wildman–Crippen MR) is 59.0 cm³/mol. The molecule has 0 saturated heterocycles. The van der Waals surface area contributed by atoms with Gasteiger partial charge >= 0.3 is 12.1 Å². The van der Waals surface area contributed by atoms with Gasteiger partial charge in [-0.3, -0.25) is 0 Å². The Balaban J connectivity index is 2.53. The molecule has 0 aliphatic carbocycles. The summed E-state index contributed by atoms with van der Waals surface area (Å²) >= 11 is 0. The fourth-order valence-corrected chi connectivity index (χ4v) is 1.93. The van der Waals surface area contributed by atoms with Gasteiger partial charge in [-0.2, -0.15) is 13.2 Å². The Hall–Kier alpha value is -1.98. The molecular formula is C12H10F3NO2. The Bertz CT molecular complexity index is 508. The van der Waals surface area contributed by atoms with E-state index in [0.717, 1.165) is 13.3 Å². The van der Waals surface area contributed by atoms with E-state index in [1.165, 1.54) is 18.2 Å². The van der Waals surface area contributed by atoms with E-state index in [1.54, 1.807) is 6.07 Å². The first kappa shape index (κ1) is 12.5. The molecule has 3 nitrogen and oxygen atoms in total. The van der Waals surface area contributed by atoms with Gasteiger partial charge in [-0.1, -0.05) is 18.2 Å². The summed E-state index contributed by atoms with van der Waals surface area (Å²) in [7, 11) is 1.05. The van der Waals surface area contributed by atoms with Gasteiger partial charge < -0.3 is 10.1 Å². The van der Waals surface area contributed by atoms with E-state index in [-0.39, 0.29) is 5.56 Å². The highest BCUT2D eigenvalue weighted by Crippen LogP contribution is 2.45. The minimum atomic E-state index is -4.54. The Labute approximate surface area is 101 Å². The lowest BCUT2D eigenvalue weighted by molar-refractivity contribution is -0.153. The van der Waals surface area contributed by atoms with E-state index in [0.29, 0.717) is 5.69 Å². The van der Waals surface area contributed by atoms with Crippen LogP contribution in [0.5, 0.6) is 0 Å². The third kappa shape index (κ3) is 2.05. The normalized spacial score (nSPS) is 18.4. The summed E-state index contributed by atoms with van der Waals surface area (Å²) in [6, 6.07) is 5.99.